The van der Waals surface area contributed by atoms with Crippen LogP contribution in [0.25, 0.3) is 68.6 Å². The molecule has 45 heavy (non-hydrogen) atoms. The Bertz CT molecular complexity index is 2080. The van der Waals surface area contributed by atoms with Crippen molar-refractivity contribution in [3.05, 3.63) is 129 Å². The number of rotatable bonds is 4. The van der Waals surface area contributed by atoms with E-state index >= 15 is 0 Å². The molecule has 0 radical (unpaired) electrons. The molecular weight excluding hydrogens is 602 g/mol. The molecule has 5 heteroatoms. The van der Waals surface area contributed by atoms with E-state index in [-0.39, 0.29) is 19.5 Å². The number of benzene rings is 2. The maximum absolute atomic E-state index is 5.20. The van der Waals surface area contributed by atoms with Gasteiger partial charge in [-0.25, -0.2) is 9.97 Å². The number of hydrogen-bond donors (Lipinski definition) is 0. The Hall–Kier alpha value is -4.60. The molecule has 0 atom stereocenters. The Morgan fingerprint density at radius 3 is 1.53 bits per heavy atom. The Kier molecular flexibility index (Phi) is 8.16. The first-order chi connectivity index (χ1) is 21.3. The summed E-state index contributed by atoms with van der Waals surface area (Å²) in [4.78, 5) is 20.7. The van der Waals surface area contributed by atoms with Crippen LogP contribution in [0.2, 0.25) is 0 Å². The van der Waals surface area contributed by atoms with Crippen LogP contribution in [0.3, 0.4) is 0 Å². The van der Waals surface area contributed by atoms with E-state index in [0.717, 1.165) is 79.1 Å². The van der Waals surface area contributed by atoms with Gasteiger partial charge in [-0.05, 0) is 110 Å². The molecule has 5 aromatic rings. The summed E-state index contributed by atoms with van der Waals surface area (Å²) < 4.78 is 0. The van der Waals surface area contributed by atoms with E-state index in [4.69, 9.17) is 19.9 Å². The van der Waals surface area contributed by atoms with Crippen molar-refractivity contribution in [1.82, 2.24) is 19.9 Å². The normalized spacial score (nSPS) is 11.9. The molecule has 0 unspecified atom stereocenters. The molecule has 0 amide bonds. The average Bonchev–Trinajstić information content (AvgIpc) is 3.83. The first-order valence-electron chi connectivity index (χ1n) is 15.1. The van der Waals surface area contributed by atoms with E-state index in [2.05, 4.69) is 126 Å². The van der Waals surface area contributed by atoms with Crippen LogP contribution in [0, 0.1) is 34.6 Å². The van der Waals surface area contributed by atoms with Gasteiger partial charge in [0.15, 0.2) is 0 Å². The number of aromatic nitrogens is 4. The molecule has 7 rings (SSSR count). The number of hydrogen-bond acceptors (Lipinski definition) is 2. The van der Waals surface area contributed by atoms with Gasteiger partial charge in [0.1, 0.15) is 0 Å². The molecule has 8 bridgehead atoms. The predicted molar refractivity (Wildman–Crippen MR) is 185 cm³/mol. The molecule has 3 aromatic heterocycles. The molecule has 2 aromatic carbocycles. The van der Waals surface area contributed by atoms with E-state index in [1.165, 1.54) is 27.8 Å². The SMILES string of the molecule is C=CCc1ccc(-c2c3nc(c(C)c4ccc([n-]4)c(-c4c(C)cc(C)cc4C)c4ccc([n-]4)c(C)c4nc2C=C4)C=C3)cc1.[Zn+2]. The number of aryl methyl sites for hydroxylation is 5. The third-order valence-electron chi connectivity index (χ3n) is 8.67. The summed E-state index contributed by atoms with van der Waals surface area (Å²) in [5, 5.41) is 0. The van der Waals surface area contributed by atoms with E-state index in [0.29, 0.717) is 0 Å². The zero-order valence-electron chi connectivity index (χ0n) is 26.6. The van der Waals surface area contributed by atoms with Crippen molar-refractivity contribution in [2.45, 2.75) is 41.0 Å². The first kappa shape index (κ1) is 30.4. The van der Waals surface area contributed by atoms with Gasteiger partial charge < -0.3 is 9.97 Å². The van der Waals surface area contributed by atoms with Crippen LogP contribution in [-0.2, 0) is 25.9 Å². The largest absolute Gasteiger partial charge is 2.00 e. The van der Waals surface area contributed by atoms with Crippen LogP contribution in [0.1, 0.15) is 56.2 Å². The zero-order valence-corrected chi connectivity index (χ0v) is 29.5. The van der Waals surface area contributed by atoms with Crippen molar-refractivity contribution >= 4 is 46.4 Å². The average molecular weight is 636 g/mol. The Morgan fingerprint density at radius 1 is 0.578 bits per heavy atom. The van der Waals surface area contributed by atoms with Gasteiger partial charge in [0.05, 0.1) is 22.8 Å². The number of allylic oxidation sites excluding steroid dienone is 1. The van der Waals surface area contributed by atoms with Gasteiger partial charge >= 0.3 is 19.5 Å². The van der Waals surface area contributed by atoms with Crippen molar-refractivity contribution in [3.63, 3.8) is 0 Å². The summed E-state index contributed by atoms with van der Waals surface area (Å²) in [6, 6.07) is 21.5. The Balaban J connectivity index is 0.00000357. The minimum absolute atomic E-state index is 0. The van der Waals surface area contributed by atoms with Gasteiger partial charge in [0, 0.05) is 5.56 Å². The van der Waals surface area contributed by atoms with Crippen molar-refractivity contribution in [2.75, 3.05) is 0 Å². The standard InChI is InChI=1S/C40H34N4.Zn/c1-7-8-28-9-11-29(12-10-28)39-34-17-13-30(41-34)26(5)32-15-19-36(43-32)40(38-24(3)21-23(2)22-25(38)4)37-20-16-33(44-37)27(6)31-14-18-35(39)42-31;/h7,9-22H,1,8H2,2-6H3;/q-2;+2. The number of fused-ring (bicyclic) bond motifs is 8. The molecular formula is C40H34N4Zn. The van der Waals surface area contributed by atoms with E-state index in [1.807, 2.05) is 6.08 Å². The van der Waals surface area contributed by atoms with Crippen LogP contribution < -0.4 is 9.97 Å². The molecule has 216 valence electrons. The van der Waals surface area contributed by atoms with Gasteiger partial charge in [0.2, 0.25) is 0 Å². The van der Waals surface area contributed by atoms with Crippen molar-refractivity contribution in [2.24, 2.45) is 0 Å². The molecule has 2 aliphatic rings. The minimum Gasteiger partial charge on any atom is -0.657 e. The molecule has 0 saturated carbocycles. The second-order valence-electron chi connectivity index (χ2n) is 11.8. The topological polar surface area (TPSA) is 54.0 Å². The summed E-state index contributed by atoms with van der Waals surface area (Å²) in [5.74, 6) is 0. The fourth-order valence-corrected chi connectivity index (χ4v) is 6.47. The van der Waals surface area contributed by atoms with Crippen LogP contribution in [-0.4, -0.2) is 9.97 Å². The Labute approximate surface area is 277 Å². The maximum Gasteiger partial charge on any atom is 2.00 e. The first-order valence-corrected chi connectivity index (χ1v) is 15.1. The van der Waals surface area contributed by atoms with Crippen LogP contribution in [0.15, 0.2) is 73.3 Å². The number of nitrogens with zero attached hydrogens (tertiary/aromatic N) is 4. The third kappa shape index (κ3) is 5.47. The van der Waals surface area contributed by atoms with Gasteiger partial charge in [-0.15, -0.1) is 28.6 Å². The molecule has 0 aliphatic carbocycles. The minimum atomic E-state index is 0. The maximum atomic E-state index is 5.20. The molecule has 0 N–H and O–H groups in total. The summed E-state index contributed by atoms with van der Waals surface area (Å²) in [7, 11) is 0. The Morgan fingerprint density at radius 2 is 1.04 bits per heavy atom. The second-order valence-corrected chi connectivity index (χ2v) is 11.8. The van der Waals surface area contributed by atoms with Gasteiger partial charge in [-0.1, -0.05) is 72.3 Å². The molecule has 0 spiro atoms. The van der Waals surface area contributed by atoms with Gasteiger partial charge in [-0.3, -0.25) is 0 Å². The van der Waals surface area contributed by atoms with E-state index in [1.54, 1.807) is 0 Å². The van der Waals surface area contributed by atoms with Crippen molar-refractivity contribution in [1.29, 1.82) is 0 Å². The van der Waals surface area contributed by atoms with Crippen LogP contribution >= 0.6 is 0 Å². The molecule has 0 fully saturated rings. The van der Waals surface area contributed by atoms with Gasteiger partial charge in [-0.2, -0.15) is 0 Å². The second kappa shape index (κ2) is 12.1. The summed E-state index contributed by atoms with van der Waals surface area (Å²) in [6.45, 7) is 14.6. The molecule has 4 nitrogen and oxygen atoms in total. The summed E-state index contributed by atoms with van der Waals surface area (Å²) in [5.41, 5.74) is 18.5. The molecule has 0 saturated heterocycles. The van der Waals surface area contributed by atoms with Crippen molar-refractivity contribution in [3.8, 4) is 22.3 Å². The van der Waals surface area contributed by atoms with E-state index in [9.17, 15) is 0 Å². The fraction of sp³-hybridized carbons (Fsp3) is 0.150. The molecule has 5 heterocycles. The van der Waals surface area contributed by atoms with Crippen molar-refractivity contribution < 1.29 is 19.5 Å². The fourth-order valence-electron chi connectivity index (χ4n) is 6.47. The monoisotopic (exact) mass is 634 g/mol. The van der Waals surface area contributed by atoms with Crippen LogP contribution in [0.4, 0.5) is 0 Å². The molecule has 2 aliphatic heterocycles. The smallest absolute Gasteiger partial charge is 0.657 e. The third-order valence-corrected chi connectivity index (χ3v) is 8.67. The quantitative estimate of drug-likeness (QED) is 0.143. The zero-order chi connectivity index (χ0) is 30.5. The summed E-state index contributed by atoms with van der Waals surface area (Å²) in [6.07, 6.45) is 11.1. The predicted octanol–water partition coefficient (Wildman–Crippen LogP) is 9.52. The van der Waals surface area contributed by atoms with E-state index < -0.39 is 0 Å². The van der Waals surface area contributed by atoms with Crippen LogP contribution in [0.5, 0.6) is 0 Å². The summed E-state index contributed by atoms with van der Waals surface area (Å²) >= 11 is 0. The van der Waals surface area contributed by atoms with Gasteiger partial charge in [0.25, 0.3) is 0 Å².